The number of anilines is 3. The van der Waals surface area contributed by atoms with E-state index in [1.54, 1.807) is 28.9 Å². The van der Waals surface area contributed by atoms with E-state index in [4.69, 9.17) is 0 Å². The van der Waals surface area contributed by atoms with Gasteiger partial charge in [-0.3, -0.25) is 4.79 Å². The van der Waals surface area contributed by atoms with Crippen LogP contribution in [0.4, 0.5) is 21.8 Å². The summed E-state index contributed by atoms with van der Waals surface area (Å²) in [7, 11) is -3.38. The predicted molar refractivity (Wildman–Crippen MR) is 141 cm³/mol. The van der Waals surface area contributed by atoms with E-state index in [-0.39, 0.29) is 49.5 Å². The molecule has 13 heteroatoms. The molecule has 0 radical (unpaired) electrons. The van der Waals surface area contributed by atoms with Crippen LogP contribution < -0.4 is 10.2 Å². The van der Waals surface area contributed by atoms with Crippen LogP contribution in [0.3, 0.4) is 0 Å². The average molecular weight is 539 g/mol. The van der Waals surface area contributed by atoms with Crippen molar-refractivity contribution in [3.63, 3.8) is 0 Å². The number of rotatable bonds is 6. The van der Waals surface area contributed by atoms with Crippen LogP contribution in [0, 0.1) is 5.82 Å². The van der Waals surface area contributed by atoms with Crippen LogP contribution in [0.1, 0.15) is 31.7 Å². The highest BCUT2D eigenvalue weighted by molar-refractivity contribution is 7.88. The largest absolute Gasteiger partial charge is 0.310 e. The van der Waals surface area contributed by atoms with Gasteiger partial charge >= 0.3 is 0 Å². The molecule has 0 aliphatic carbocycles. The van der Waals surface area contributed by atoms with Gasteiger partial charge in [0.25, 0.3) is 0 Å². The molecule has 38 heavy (non-hydrogen) atoms. The maximum Gasteiger partial charge on any atom is 0.229 e. The lowest BCUT2D eigenvalue weighted by atomic mass is 10.0. The van der Waals surface area contributed by atoms with E-state index >= 15 is 0 Å². The molecule has 1 N–H and O–H groups in total. The zero-order valence-electron chi connectivity index (χ0n) is 21.2. The maximum atomic E-state index is 14.7. The molecule has 0 bridgehead atoms. The van der Waals surface area contributed by atoms with Crippen LogP contribution in [-0.4, -0.2) is 69.1 Å². The van der Waals surface area contributed by atoms with E-state index in [9.17, 15) is 17.6 Å². The molecule has 1 fully saturated rings. The predicted octanol–water partition coefficient (Wildman–Crippen LogP) is 3.19. The van der Waals surface area contributed by atoms with Crippen LogP contribution >= 0.6 is 0 Å². The molecule has 1 aliphatic heterocycles. The molecule has 1 amide bonds. The number of halogens is 1. The van der Waals surface area contributed by atoms with Gasteiger partial charge in [0.2, 0.25) is 21.9 Å². The number of hydrogen-bond acceptors (Lipinski definition) is 8. The number of nitrogens with zero attached hydrogens (tertiary/aromatic N) is 7. The topological polar surface area (TPSA) is 126 Å². The zero-order chi connectivity index (χ0) is 27.0. The Morgan fingerprint density at radius 2 is 1.87 bits per heavy atom. The van der Waals surface area contributed by atoms with Crippen molar-refractivity contribution in [1.29, 1.82) is 0 Å². The molecule has 5 rings (SSSR count). The highest BCUT2D eigenvalue weighted by atomic mass is 32.2. The van der Waals surface area contributed by atoms with E-state index in [2.05, 4.69) is 39.2 Å². The Kier molecular flexibility index (Phi) is 6.80. The number of pyridine rings is 2. The van der Waals surface area contributed by atoms with Gasteiger partial charge in [0.1, 0.15) is 11.5 Å². The minimum atomic E-state index is -3.38. The van der Waals surface area contributed by atoms with Gasteiger partial charge in [0.05, 0.1) is 36.1 Å². The number of fused-ring (bicyclic) bond motifs is 1. The SMILES string of the molecule is CC(C)c1cnn2ccc(-c3nc(Nc4ccc(N5CCN(S(C)(=O)=O)CCC5=O)cn4)ncc3F)cc12. The molecular formula is C25H27FN8O3S. The van der Waals surface area contributed by atoms with Crippen molar-refractivity contribution in [2.45, 2.75) is 26.2 Å². The quantitative estimate of drug-likeness (QED) is 0.397. The molecule has 1 aliphatic rings. The molecule has 4 aromatic rings. The van der Waals surface area contributed by atoms with Gasteiger partial charge in [-0.1, -0.05) is 13.8 Å². The average Bonchev–Trinajstić information content (AvgIpc) is 3.20. The number of nitrogens with one attached hydrogen (secondary N) is 1. The molecular weight excluding hydrogens is 511 g/mol. The second kappa shape index (κ2) is 10.1. The first kappa shape index (κ1) is 25.7. The summed E-state index contributed by atoms with van der Waals surface area (Å²) in [6, 6.07) is 6.96. The molecule has 0 atom stereocenters. The summed E-state index contributed by atoms with van der Waals surface area (Å²) in [4.78, 5) is 26.9. The van der Waals surface area contributed by atoms with E-state index < -0.39 is 15.8 Å². The highest BCUT2D eigenvalue weighted by Crippen LogP contribution is 2.27. The molecule has 1 saturated heterocycles. The van der Waals surface area contributed by atoms with E-state index in [1.165, 1.54) is 15.4 Å². The van der Waals surface area contributed by atoms with Crippen LogP contribution in [0.2, 0.25) is 0 Å². The number of hydrogen-bond donors (Lipinski definition) is 1. The summed E-state index contributed by atoms with van der Waals surface area (Å²) in [5, 5.41) is 7.33. The number of carbonyl (C=O) groups is 1. The molecule has 0 saturated carbocycles. The van der Waals surface area contributed by atoms with E-state index in [0.29, 0.717) is 17.1 Å². The molecule has 198 valence electrons. The molecule has 4 aromatic heterocycles. The lowest BCUT2D eigenvalue weighted by Gasteiger charge is -2.21. The molecule has 11 nitrogen and oxygen atoms in total. The highest BCUT2D eigenvalue weighted by Gasteiger charge is 2.26. The van der Waals surface area contributed by atoms with Gasteiger partial charge in [-0.15, -0.1) is 0 Å². The third-order valence-corrected chi connectivity index (χ3v) is 7.71. The Balaban J connectivity index is 1.35. The number of sulfonamides is 1. The minimum Gasteiger partial charge on any atom is -0.310 e. The molecule has 0 unspecified atom stereocenters. The van der Waals surface area contributed by atoms with Crippen LogP contribution in [0.15, 0.2) is 49.1 Å². The second-order valence-corrected chi connectivity index (χ2v) is 11.4. The minimum absolute atomic E-state index is 0.0863. The van der Waals surface area contributed by atoms with Crippen molar-refractivity contribution in [1.82, 2.24) is 28.9 Å². The summed E-state index contributed by atoms with van der Waals surface area (Å²) in [6.07, 6.45) is 7.42. The monoisotopic (exact) mass is 538 g/mol. The Labute approximate surface area is 219 Å². The fraction of sp³-hybridized carbons (Fsp3) is 0.320. The summed E-state index contributed by atoms with van der Waals surface area (Å²) >= 11 is 0. The summed E-state index contributed by atoms with van der Waals surface area (Å²) in [5.41, 5.74) is 3.21. The van der Waals surface area contributed by atoms with Gasteiger partial charge in [-0.05, 0) is 30.2 Å². The lowest BCUT2D eigenvalue weighted by Crippen LogP contribution is -2.35. The van der Waals surface area contributed by atoms with Crippen molar-refractivity contribution < 1.29 is 17.6 Å². The van der Waals surface area contributed by atoms with Crippen LogP contribution in [0.5, 0.6) is 0 Å². The molecule has 5 heterocycles. The number of amides is 1. The van der Waals surface area contributed by atoms with Gasteiger partial charge < -0.3 is 10.2 Å². The van der Waals surface area contributed by atoms with E-state index in [1.807, 2.05) is 12.3 Å². The van der Waals surface area contributed by atoms with Crippen molar-refractivity contribution >= 4 is 38.9 Å². The normalized spacial score (nSPS) is 15.3. The third kappa shape index (κ3) is 5.20. The lowest BCUT2D eigenvalue weighted by molar-refractivity contribution is -0.118. The Morgan fingerprint density at radius 1 is 1.05 bits per heavy atom. The van der Waals surface area contributed by atoms with Crippen LogP contribution in [-0.2, 0) is 14.8 Å². The second-order valence-electron chi connectivity index (χ2n) is 9.37. The maximum absolute atomic E-state index is 14.7. The first-order chi connectivity index (χ1) is 18.1. The van der Waals surface area contributed by atoms with Crippen molar-refractivity contribution in [3.8, 4) is 11.3 Å². The Bertz CT molecular complexity index is 1600. The van der Waals surface area contributed by atoms with Gasteiger partial charge in [0, 0.05) is 43.4 Å². The summed E-state index contributed by atoms with van der Waals surface area (Å²) in [6.45, 7) is 4.73. The first-order valence-corrected chi connectivity index (χ1v) is 13.9. The van der Waals surface area contributed by atoms with Crippen molar-refractivity contribution in [2.75, 3.05) is 36.1 Å². The third-order valence-electron chi connectivity index (χ3n) is 6.41. The first-order valence-electron chi connectivity index (χ1n) is 12.1. The zero-order valence-corrected chi connectivity index (χ0v) is 22.0. The van der Waals surface area contributed by atoms with Gasteiger partial charge in [-0.25, -0.2) is 32.3 Å². The summed E-state index contributed by atoms with van der Waals surface area (Å²) < 4.78 is 41.5. The fourth-order valence-corrected chi connectivity index (χ4v) is 5.20. The van der Waals surface area contributed by atoms with Gasteiger partial charge in [-0.2, -0.15) is 9.40 Å². The number of carbonyl (C=O) groups excluding carboxylic acids is 1. The van der Waals surface area contributed by atoms with Crippen molar-refractivity contribution in [3.05, 3.63) is 60.4 Å². The standard InChI is InChI=1S/C25H27FN8O3S/c1-16(2)19-14-29-34-9-6-17(12-21(19)34)24-20(26)15-28-25(31-24)30-22-5-4-18(13-27-22)33-11-10-32(38(3,36)37)8-7-23(33)35/h4-6,9,12-16H,7-8,10-11H2,1-3H3,(H,27,28,30,31). The molecule has 0 spiro atoms. The fourth-order valence-electron chi connectivity index (χ4n) is 4.36. The molecule has 0 aromatic carbocycles. The Morgan fingerprint density at radius 3 is 2.58 bits per heavy atom. The smallest absolute Gasteiger partial charge is 0.229 e. The van der Waals surface area contributed by atoms with E-state index in [0.717, 1.165) is 23.5 Å². The Hall–Kier alpha value is -3.97. The van der Waals surface area contributed by atoms with Gasteiger partial charge in [0.15, 0.2) is 5.82 Å². The number of aromatic nitrogens is 5. The van der Waals surface area contributed by atoms with Crippen LogP contribution in [0.25, 0.3) is 16.8 Å². The van der Waals surface area contributed by atoms with Crippen molar-refractivity contribution in [2.24, 2.45) is 0 Å². The summed E-state index contributed by atoms with van der Waals surface area (Å²) in [5.74, 6) is 0.0820.